The van der Waals surface area contributed by atoms with E-state index >= 15 is 0 Å². The average Bonchev–Trinajstić information content (AvgIpc) is 3.15. The van der Waals surface area contributed by atoms with Crippen molar-refractivity contribution in [1.29, 1.82) is 0 Å². The van der Waals surface area contributed by atoms with Crippen LogP contribution in [0.5, 0.6) is 0 Å². The molecule has 4 rings (SSSR count). The number of fused-ring (bicyclic) bond motifs is 3. The van der Waals surface area contributed by atoms with Gasteiger partial charge in [-0.25, -0.2) is 0 Å². The van der Waals surface area contributed by atoms with Crippen LogP contribution in [0.1, 0.15) is 34.6 Å². The molecule has 3 saturated heterocycles. The molecule has 164 valence electrons. The number of anilines is 1. The maximum atomic E-state index is 13.0. The topological polar surface area (TPSA) is 104 Å². The molecule has 3 fully saturated rings. The molecule has 0 saturated carbocycles. The van der Waals surface area contributed by atoms with E-state index in [0.717, 1.165) is 0 Å². The second-order valence-corrected chi connectivity index (χ2v) is 8.68. The van der Waals surface area contributed by atoms with Crippen LogP contribution in [0.3, 0.4) is 0 Å². The predicted octanol–water partition coefficient (Wildman–Crippen LogP) is 1.53. The molecule has 9 nitrogen and oxygen atoms in total. The van der Waals surface area contributed by atoms with Crippen LogP contribution in [0, 0.1) is 0 Å². The first kappa shape index (κ1) is 21.2. The summed E-state index contributed by atoms with van der Waals surface area (Å²) >= 11 is 0. The molecule has 2 N–H and O–H groups in total. The Morgan fingerprint density at radius 3 is 2.20 bits per heavy atom. The molecular formula is C21H28N2O7. The van der Waals surface area contributed by atoms with Crippen LogP contribution in [-0.4, -0.2) is 60.1 Å². The van der Waals surface area contributed by atoms with E-state index in [1.54, 1.807) is 46.8 Å². The predicted molar refractivity (Wildman–Crippen MR) is 105 cm³/mol. The molecule has 0 aliphatic carbocycles. The number of hydrogen-bond donors (Lipinski definition) is 2. The minimum Gasteiger partial charge on any atom is -0.342 e. The third-order valence-electron chi connectivity index (χ3n) is 5.21. The van der Waals surface area contributed by atoms with E-state index in [4.69, 9.17) is 23.7 Å². The maximum absolute atomic E-state index is 13.0. The van der Waals surface area contributed by atoms with Gasteiger partial charge in [-0.15, -0.1) is 0 Å². The second kappa shape index (κ2) is 7.58. The summed E-state index contributed by atoms with van der Waals surface area (Å²) in [5.74, 6) is -2.60. The number of nitrogens with one attached hydrogen (secondary N) is 2. The number of para-hydroxylation sites is 1. The number of carbonyl (C=O) groups excluding carboxylic acids is 2. The van der Waals surface area contributed by atoms with E-state index in [1.165, 1.54) is 0 Å². The lowest BCUT2D eigenvalue weighted by molar-refractivity contribution is -0.231. The van der Waals surface area contributed by atoms with Crippen molar-refractivity contribution in [2.75, 3.05) is 5.32 Å². The van der Waals surface area contributed by atoms with E-state index in [2.05, 4.69) is 10.6 Å². The molecule has 9 heteroatoms. The minimum absolute atomic E-state index is 0.342. The van der Waals surface area contributed by atoms with Crippen molar-refractivity contribution in [3.63, 3.8) is 0 Å². The van der Waals surface area contributed by atoms with Crippen molar-refractivity contribution in [2.45, 2.75) is 82.9 Å². The molecule has 3 heterocycles. The summed E-state index contributed by atoms with van der Waals surface area (Å²) < 4.78 is 29.6. The van der Waals surface area contributed by atoms with Gasteiger partial charge in [0, 0.05) is 5.69 Å². The van der Waals surface area contributed by atoms with Crippen LogP contribution in [0.15, 0.2) is 30.3 Å². The standard InChI is InChI=1S/C21H28N2O7/c1-11(17(24)23-12-9-7-6-8-10-12)22-18(25)15-13-14(28-20(2,3)27-13)16-19(26-15)30-21(4,5)29-16/h6-11,13-16,19H,1-5H3,(H,22,25)(H,23,24)/t11-,13-,14+,15+,16-,19-/m1/s1. The summed E-state index contributed by atoms with van der Waals surface area (Å²) in [6.45, 7) is 8.69. The molecule has 2 amide bonds. The monoisotopic (exact) mass is 420 g/mol. The Hall–Kier alpha value is -2.04. The maximum Gasteiger partial charge on any atom is 0.252 e. The van der Waals surface area contributed by atoms with Crippen molar-refractivity contribution < 1.29 is 33.3 Å². The van der Waals surface area contributed by atoms with Gasteiger partial charge >= 0.3 is 0 Å². The van der Waals surface area contributed by atoms with Crippen molar-refractivity contribution in [1.82, 2.24) is 5.32 Å². The first-order valence-electron chi connectivity index (χ1n) is 10.1. The molecule has 0 unspecified atom stereocenters. The molecule has 0 aromatic heterocycles. The molecular weight excluding hydrogens is 392 g/mol. The summed E-state index contributed by atoms with van der Waals surface area (Å²) in [6, 6.07) is 8.24. The smallest absolute Gasteiger partial charge is 0.252 e. The van der Waals surface area contributed by atoms with E-state index < -0.39 is 54.2 Å². The first-order chi connectivity index (χ1) is 14.0. The van der Waals surface area contributed by atoms with Gasteiger partial charge in [0.1, 0.15) is 24.4 Å². The highest BCUT2D eigenvalue weighted by Crippen LogP contribution is 2.44. The number of benzene rings is 1. The molecule has 3 aliphatic heterocycles. The number of hydrogen-bond acceptors (Lipinski definition) is 7. The van der Waals surface area contributed by atoms with Crippen LogP contribution in [-0.2, 0) is 33.3 Å². The van der Waals surface area contributed by atoms with Gasteiger partial charge in [-0.3, -0.25) is 9.59 Å². The minimum atomic E-state index is -1.01. The van der Waals surface area contributed by atoms with Gasteiger partial charge in [0.05, 0.1) is 0 Å². The quantitative estimate of drug-likeness (QED) is 0.761. The Morgan fingerprint density at radius 2 is 1.50 bits per heavy atom. The van der Waals surface area contributed by atoms with Gasteiger partial charge in [-0.2, -0.15) is 0 Å². The highest BCUT2D eigenvalue weighted by Gasteiger charge is 2.62. The molecule has 30 heavy (non-hydrogen) atoms. The summed E-state index contributed by atoms with van der Waals surface area (Å²) in [7, 11) is 0. The third kappa shape index (κ3) is 4.21. The lowest BCUT2D eigenvalue weighted by atomic mass is 9.98. The van der Waals surface area contributed by atoms with E-state index in [9.17, 15) is 9.59 Å². The van der Waals surface area contributed by atoms with Gasteiger partial charge in [0.2, 0.25) is 5.91 Å². The Balaban J connectivity index is 1.45. The van der Waals surface area contributed by atoms with Gasteiger partial charge in [-0.1, -0.05) is 18.2 Å². The van der Waals surface area contributed by atoms with Crippen LogP contribution in [0.2, 0.25) is 0 Å². The van der Waals surface area contributed by atoms with E-state index in [-0.39, 0.29) is 5.91 Å². The van der Waals surface area contributed by atoms with Crippen LogP contribution >= 0.6 is 0 Å². The molecule has 3 aliphatic rings. The van der Waals surface area contributed by atoms with Gasteiger partial charge < -0.3 is 34.3 Å². The van der Waals surface area contributed by atoms with E-state index in [1.807, 2.05) is 18.2 Å². The fourth-order valence-corrected chi connectivity index (χ4v) is 3.96. The second-order valence-electron chi connectivity index (χ2n) is 8.68. The highest BCUT2D eigenvalue weighted by molar-refractivity contribution is 5.97. The van der Waals surface area contributed by atoms with Gasteiger partial charge in [0.25, 0.3) is 5.91 Å². The largest absolute Gasteiger partial charge is 0.342 e. The zero-order valence-corrected chi connectivity index (χ0v) is 17.7. The summed E-state index contributed by atoms with van der Waals surface area (Å²) in [5.41, 5.74) is 0.647. The zero-order valence-electron chi connectivity index (χ0n) is 17.7. The Labute approximate surface area is 175 Å². The zero-order chi connectivity index (χ0) is 21.7. The van der Waals surface area contributed by atoms with Crippen LogP contribution in [0.4, 0.5) is 5.69 Å². The van der Waals surface area contributed by atoms with Crippen molar-refractivity contribution in [3.8, 4) is 0 Å². The highest BCUT2D eigenvalue weighted by atomic mass is 16.9. The SMILES string of the molecule is C[C@@H](NC(=O)[C@H]1O[C@@H]2OC(C)(C)O[C@@H]2[C@H]2OC(C)(C)O[C@H]21)C(=O)Nc1ccccc1. The molecule has 1 aromatic carbocycles. The number of carbonyl (C=O) groups is 2. The molecule has 1 aromatic rings. The fourth-order valence-electron chi connectivity index (χ4n) is 3.96. The number of rotatable bonds is 4. The van der Waals surface area contributed by atoms with Crippen LogP contribution < -0.4 is 10.6 Å². The normalized spacial score (nSPS) is 34.5. The van der Waals surface area contributed by atoms with Gasteiger partial charge in [0.15, 0.2) is 24.0 Å². The first-order valence-corrected chi connectivity index (χ1v) is 10.1. The van der Waals surface area contributed by atoms with Gasteiger partial charge in [-0.05, 0) is 46.8 Å². The Morgan fingerprint density at radius 1 is 0.900 bits per heavy atom. The average molecular weight is 420 g/mol. The van der Waals surface area contributed by atoms with Crippen molar-refractivity contribution in [2.24, 2.45) is 0 Å². The molecule has 0 bridgehead atoms. The lowest BCUT2D eigenvalue weighted by Gasteiger charge is -2.36. The number of amides is 2. The summed E-state index contributed by atoms with van der Waals surface area (Å²) in [5, 5.41) is 5.46. The Kier molecular flexibility index (Phi) is 5.36. The van der Waals surface area contributed by atoms with Crippen molar-refractivity contribution >= 4 is 17.5 Å². The lowest BCUT2D eigenvalue weighted by Crippen LogP contribution is -2.60. The van der Waals surface area contributed by atoms with E-state index in [0.29, 0.717) is 5.69 Å². The molecule has 0 radical (unpaired) electrons. The molecule has 6 atom stereocenters. The molecule has 0 spiro atoms. The fraction of sp³-hybridized carbons (Fsp3) is 0.619. The number of ether oxygens (including phenoxy) is 5. The van der Waals surface area contributed by atoms with Crippen molar-refractivity contribution in [3.05, 3.63) is 30.3 Å². The third-order valence-corrected chi connectivity index (χ3v) is 5.21. The summed E-state index contributed by atoms with van der Waals surface area (Å²) in [6.07, 6.45) is -3.53. The summed E-state index contributed by atoms with van der Waals surface area (Å²) in [4.78, 5) is 25.5. The Bertz CT molecular complexity index is 813. The van der Waals surface area contributed by atoms with Crippen LogP contribution in [0.25, 0.3) is 0 Å².